The van der Waals surface area contributed by atoms with Gasteiger partial charge in [0.1, 0.15) is 0 Å². The van der Waals surface area contributed by atoms with Crippen LogP contribution in [0.4, 0.5) is 0 Å². The molecule has 5 heteroatoms. The van der Waals surface area contributed by atoms with Crippen LogP contribution in [0.1, 0.15) is 42.3 Å². The Morgan fingerprint density at radius 1 is 1.80 bits per heavy atom. The zero-order chi connectivity index (χ0) is 10.8. The molecule has 82 valence electrons. The molecule has 5 nitrogen and oxygen atoms in total. The van der Waals surface area contributed by atoms with E-state index in [9.17, 15) is 4.79 Å². The maximum Gasteiger partial charge on any atom is 0.373 e. The van der Waals surface area contributed by atoms with Crippen LogP contribution in [0.3, 0.4) is 0 Å². The Morgan fingerprint density at radius 3 is 3.20 bits per heavy atom. The number of oxazole rings is 1. The summed E-state index contributed by atoms with van der Waals surface area (Å²) in [6.45, 7) is 4.06. The fourth-order valence-corrected chi connectivity index (χ4v) is 2.02. The SMILES string of the molecule is CCN1CCCC1c1ncc(C(=O)O)o1. The molecule has 1 saturated heterocycles. The van der Waals surface area contributed by atoms with Crippen molar-refractivity contribution in [2.75, 3.05) is 13.1 Å². The highest BCUT2D eigenvalue weighted by molar-refractivity contribution is 5.83. The summed E-state index contributed by atoms with van der Waals surface area (Å²) < 4.78 is 5.21. The van der Waals surface area contributed by atoms with Gasteiger partial charge in [0.15, 0.2) is 0 Å². The molecule has 0 saturated carbocycles. The molecule has 0 aliphatic carbocycles. The summed E-state index contributed by atoms with van der Waals surface area (Å²) in [4.78, 5) is 16.9. The van der Waals surface area contributed by atoms with Crippen LogP contribution in [0.25, 0.3) is 0 Å². The second kappa shape index (κ2) is 4.02. The van der Waals surface area contributed by atoms with Gasteiger partial charge in [-0.15, -0.1) is 0 Å². The van der Waals surface area contributed by atoms with Crippen LogP contribution in [0, 0.1) is 0 Å². The Bertz CT molecular complexity index is 361. The molecule has 2 heterocycles. The van der Waals surface area contributed by atoms with Crippen molar-refractivity contribution in [2.45, 2.75) is 25.8 Å². The minimum atomic E-state index is -1.06. The topological polar surface area (TPSA) is 66.6 Å². The molecule has 0 aromatic carbocycles. The fourth-order valence-electron chi connectivity index (χ4n) is 2.02. The number of hydrogen-bond donors (Lipinski definition) is 1. The Morgan fingerprint density at radius 2 is 2.60 bits per heavy atom. The maximum atomic E-state index is 10.6. The predicted molar refractivity (Wildman–Crippen MR) is 52.7 cm³/mol. The van der Waals surface area contributed by atoms with Crippen LogP contribution in [0.5, 0.6) is 0 Å². The summed E-state index contributed by atoms with van der Waals surface area (Å²) in [6, 6.07) is 0.156. The predicted octanol–water partition coefficient (Wildman–Crippen LogP) is 1.53. The molecule has 0 amide bonds. The number of rotatable bonds is 3. The van der Waals surface area contributed by atoms with Crippen molar-refractivity contribution in [3.63, 3.8) is 0 Å². The van der Waals surface area contributed by atoms with Gasteiger partial charge in [0.2, 0.25) is 11.7 Å². The Labute approximate surface area is 87.7 Å². The Hall–Kier alpha value is -1.36. The molecule has 1 aromatic heterocycles. The summed E-state index contributed by atoms with van der Waals surface area (Å²) in [7, 11) is 0. The van der Waals surface area contributed by atoms with E-state index in [2.05, 4.69) is 16.8 Å². The first kappa shape index (κ1) is 10.2. The minimum Gasteiger partial charge on any atom is -0.475 e. The van der Waals surface area contributed by atoms with Crippen molar-refractivity contribution in [1.82, 2.24) is 9.88 Å². The smallest absolute Gasteiger partial charge is 0.373 e. The van der Waals surface area contributed by atoms with E-state index in [1.165, 1.54) is 6.20 Å². The minimum absolute atomic E-state index is 0.0760. The van der Waals surface area contributed by atoms with E-state index in [1.807, 2.05) is 0 Å². The normalized spacial score (nSPS) is 22.1. The van der Waals surface area contributed by atoms with Gasteiger partial charge < -0.3 is 9.52 Å². The second-order valence-corrected chi connectivity index (χ2v) is 3.65. The summed E-state index contributed by atoms with van der Waals surface area (Å²) in [5.41, 5.74) is 0. The summed E-state index contributed by atoms with van der Waals surface area (Å²) in [5.74, 6) is -0.602. The lowest BCUT2D eigenvalue weighted by Gasteiger charge is -2.19. The lowest BCUT2D eigenvalue weighted by atomic mass is 10.2. The number of aromatic nitrogens is 1. The van der Waals surface area contributed by atoms with Crippen molar-refractivity contribution in [3.05, 3.63) is 17.8 Å². The molecule has 0 bridgehead atoms. The average Bonchev–Trinajstić information content (AvgIpc) is 2.85. The van der Waals surface area contributed by atoms with Crippen molar-refractivity contribution < 1.29 is 14.3 Å². The molecular formula is C10H14N2O3. The lowest BCUT2D eigenvalue weighted by molar-refractivity contribution is 0.0657. The molecule has 0 spiro atoms. The number of likely N-dealkylation sites (tertiary alicyclic amines) is 1. The first-order valence-electron chi connectivity index (χ1n) is 5.15. The molecule has 1 aliphatic rings. The molecule has 0 radical (unpaired) electrons. The largest absolute Gasteiger partial charge is 0.475 e. The summed E-state index contributed by atoms with van der Waals surface area (Å²) in [5, 5.41) is 8.72. The van der Waals surface area contributed by atoms with Gasteiger partial charge in [0.25, 0.3) is 0 Å². The van der Waals surface area contributed by atoms with Gasteiger partial charge in [0, 0.05) is 0 Å². The molecule has 1 fully saturated rings. The van der Waals surface area contributed by atoms with Gasteiger partial charge in [-0.05, 0) is 25.9 Å². The number of hydrogen-bond acceptors (Lipinski definition) is 4. The Kier molecular flexibility index (Phi) is 2.73. The fraction of sp³-hybridized carbons (Fsp3) is 0.600. The van der Waals surface area contributed by atoms with Crippen LogP contribution >= 0.6 is 0 Å². The van der Waals surface area contributed by atoms with Crippen molar-refractivity contribution in [2.24, 2.45) is 0 Å². The third kappa shape index (κ3) is 1.87. The number of aromatic carboxylic acids is 1. The molecular weight excluding hydrogens is 196 g/mol. The van der Waals surface area contributed by atoms with E-state index in [0.717, 1.165) is 25.9 Å². The average molecular weight is 210 g/mol. The first-order chi connectivity index (χ1) is 7.22. The second-order valence-electron chi connectivity index (χ2n) is 3.65. The maximum absolute atomic E-state index is 10.6. The number of carboxylic acids is 1. The molecule has 15 heavy (non-hydrogen) atoms. The number of carbonyl (C=O) groups is 1. The van der Waals surface area contributed by atoms with E-state index < -0.39 is 5.97 Å². The summed E-state index contributed by atoms with van der Waals surface area (Å²) >= 11 is 0. The number of carboxylic acid groups (broad SMARTS) is 1. The number of nitrogens with zero attached hydrogens (tertiary/aromatic N) is 2. The van der Waals surface area contributed by atoms with Crippen LogP contribution in [-0.2, 0) is 0 Å². The van der Waals surface area contributed by atoms with E-state index >= 15 is 0 Å². The third-order valence-corrected chi connectivity index (χ3v) is 2.79. The van der Waals surface area contributed by atoms with Crippen molar-refractivity contribution in [1.29, 1.82) is 0 Å². The standard InChI is InChI=1S/C10H14N2O3/c1-2-12-5-3-4-7(12)9-11-6-8(15-9)10(13)14/h6-7H,2-5H2,1H3,(H,13,14). The molecule has 1 unspecified atom stereocenters. The van der Waals surface area contributed by atoms with Gasteiger partial charge in [-0.2, -0.15) is 0 Å². The zero-order valence-electron chi connectivity index (χ0n) is 8.64. The highest BCUT2D eigenvalue weighted by Gasteiger charge is 2.29. The van der Waals surface area contributed by atoms with Crippen LogP contribution in [0.15, 0.2) is 10.6 Å². The molecule has 2 rings (SSSR count). The lowest BCUT2D eigenvalue weighted by Crippen LogP contribution is -2.22. The van der Waals surface area contributed by atoms with Gasteiger partial charge in [-0.25, -0.2) is 9.78 Å². The van der Waals surface area contributed by atoms with Crippen molar-refractivity contribution in [3.8, 4) is 0 Å². The molecule has 1 aromatic rings. The first-order valence-corrected chi connectivity index (χ1v) is 5.15. The monoisotopic (exact) mass is 210 g/mol. The van der Waals surface area contributed by atoms with Crippen LogP contribution in [-0.4, -0.2) is 34.0 Å². The van der Waals surface area contributed by atoms with E-state index in [0.29, 0.717) is 5.89 Å². The van der Waals surface area contributed by atoms with Crippen LogP contribution in [0.2, 0.25) is 0 Å². The van der Waals surface area contributed by atoms with Gasteiger partial charge in [-0.1, -0.05) is 6.92 Å². The van der Waals surface area contributed by atoms with Gasteiger partial charge >= 0.3 is 5.97 Å². The quantitative estimate of drug-likeness (QED) is 0.819. The summed E-state index contributed by atoms with van der Waals surface area (Å²) in [6.07, 6.45) is 3.39. The van der Waals surface area contributed by atoms with E-state index in [1.54, 1.807) is 0 Å². The zero-order valence-corrected chi connectivity index (χ0v) is 8.64. The van der Waals surface area contributed by atoms with Crippen LogP contribution < -0.4 is 0 Å². The molecule has 1 atom stereocenters. The van der Waals surface area contributed by atoms with Gasteiger partial charge in [-0.3, -0.25) is 4.90 Å². The molecule has 1 aliphatic heterocycles. The Balaban J connectivity index is 2.18. The van der Waals surface area contributed by atoms with Crippen molar-refractivity contribution >= 4 is 5.97 Å². The highest BCUT2D eigenvalue weighted by Crippen LogP contribution is 2.30. The van der Waals surface area contributed by atoms with Gasteiger partial charge in [0.05, 0.1) is 12.2 Å². The van der Waals surface area contributed by atoms with E-state index in [-0.39, 0.29) is 11.8 Å². The third-order valence-electron chi connectivity index (χ3n) is 2.79. The molecule has 1 N–H and O–H groups in total. The van der Waals surface area contributed by atoms with E-state index in [4.69, 9.17) is 9.52 Å². The highest BCUT2D eigenvalue weighted by atomic mass is 16.4.